The van der Waals surface area contributed by atoms with Gasteiger partial charge in [0.05, 0.1) is 6.61 Å². The first-order valence-electron chi connectivity index (χ1n) is 8.07. The molecule has 0 saturated carbocycles. The number of Topliss-reactive ketones (excluding diaryl/α,β-unsaturated/α-hetero) is 2. The normalized spacial score (nSPS) is 23.5. The van der Waals surface area contributed by atoms with E-state index in [-0.39, 0.29) is 70.2 Å². The number of aliphatic hydroxyl groups is 3. The Bertz CT molecular complexity index is 1010. The average Bonchev–Trinajstić information content (AvgIpc) is 2.92. The third-order valence-corrected chi connectivity index (χ3v) is 5.89. The molecular formula is C17H16Na2O11S. The van der Waals surface area contributed by atoms with E-state index in [1.807, 2.05) is 0 Å². The third-order valence-electron chi connectivity index (χ3n) is 4.46. The Labute approximate surface area is 221 Å². The van der Waals surface area contributed by atoms with Crippen LogP contribution in [0.1, 0.15) is 34.1 Å². The maximum Gasteiger partial charge on any atom is 1.00 e. The van der Waals surface area contributed by atoms with E-state index >= 15 is 0 Å². The van der Waals surface area contributed by atoms with E-state index in [0.29, 0.717) is 0 Å². The van der Waals surface area contributed by atoms with E-state index in [4.69, 9.17) is 15.3 Å². The van der Waals surface area contributed by atoms with Crippen molar-refractivity contribution in [1.29, 1.82) is 0 Å². The Morgan fingerprint density at radius 2 is 1.71 bits per heavy atom. The predicted molar refractivity (Wildman–Crippen MR) is 90.4 cm³/mol. The fraction of sp³-hybridized carbons (Fsp3) is 0.353. The van der Waals surface area contributed by atoms with Gasteiger partial charge in [0.2, 0.25) is 0 Å². The molecule has 31 heavy (non-hydrogen) atoms. The van der Waals surface area contributed by atoms with E-state index < -0.39 is 69.2 Å². The summed E-state index contributed by atoms with van der Waals surface area (Å²) in [7, 11) is -4.87. The summed E-state index contributed by atoms with van der Waals surface area (Å²) >= 11 is 0. The number of rotatable bonds is 3. The summed E-state index contributed by atoms with van der Waals surface area (Å²) in [6.07, 6.45) is -3.47. The molecule has 0 bridgehead atoms. The smallest absolute Gasteiger partial charge is 0.865 e. The van der Waals surface area contributed by atoms with E-state index in [1.54, 1.807) is 6.07 Å². The van der Waals surface area contributed by atoms with Gasteiger partial charge in [0.15, 0.2) is 17.7 Å². The molecule has 0 radical (unpaired) electrons. The summed E-state index contributed by atoms with van der Waals surface area (Å²) in [5.41, 5.74) is 0.185. The van der Waals surface area contributed by atoms with Crippen molar-refractivity contribution in [2.75, 3.05) is 6.61 Å². The van der Waals surface area contributed by atoms with Crippen LogP contribution in [-0.4, -0.2) is 69.4 Å². The molecule has 0 aromatic heterocycles. The molecular weight excluding hydrogens is 458 g/mol. The van der Waals surface area contributed by atoms with E-state index in [0.717, 1.165) is 6.92 Å². The minimum atomic E-state index is -4.87. The molecule has 1 aromatic rings. The van der Waals surface area contributed by atoms with Gasteiger partial charge in [-0.2, -0.15) is 0 Å². The van der Waals surface area contributed by atoms with E-state index in [9.17, 15) is 32.5 Å². The summed E-state index contributed by atoms with van der Waals surface area (Å²) in [5, 5.41) is 36.8. The van der Waals surface area contributed by atoms with Crippen molar-refractivity contribution < 1.29 is 112 Å². The molecule has 0 amide bonds. The van der Waals surface area contributed by atoms with Gasteiger partial charge < -0.3 is 29.7 Å². The van der Waals surface area contributed by atoms with Crippen LogP contribution in [0.4, 0.5) is 0 Å². The van der Waals surface area contributed by atoms with Gasteiger partial charge in [-0.05, 0) is 6.92 Å². The summed E-state index contributed by atoms with van der Waals surface area (Å²) in [4.78, 5) is 34.2. The van der Waals surface area contributed by atoms with Crippen molar-refractivity contribution in [3.63, 3.8) is 0 Å². The predicted octanol–water partition coefficient (Wildman–Crippen LogP) is -7.84. The van der Waals surface area contributed by atoms with Crippen molar-refractivity contribution in [2.45, 2.75) is 30.3 Å². The second-order valence-corrected chi connectivity index (χ2v) is 8.26. The molecule has 3 N–H and O–H groups in total. The van der Waals surface area contributed by atoms with E-state index in [2.05, 4.69) is 4.74 Å². The molecule has 14 heteroatoms. The number of aliphatic hydroxyl groups excluding tert-OH is 3. The Kier molecular flexibility index (Phi) is 11.1. The van der Waals surface area contributed by atoms with Gasteiger partial charge in [0.25, 0.3) is 0 Å². The summed E-state index contributed by atoms with van der Waals surface area (Å²) in [6, 6.07) is 5.91. The van der Waals surface area contributed by atoms with Crippen LogP contribution < -0.4 is 64.2 Å². The minimum Gasteiger partial charge on any atom is -0.865 e. The van der Waals surface area contributed by atoms with Crippen LogP contribution in [0.2, 0.25) is 0 Å². The SMILES string of the molecule is CC1(S(=O)(=O)[O-])CC(=O)c2ccccc2C1=O.O=C1O[C@H]([C@@H](O)CO)C(O)=C1[O-].[Na+].[Na+]. The van der Waals surface area contributed by atoms with Crippen molar-refractivity contribution in [1.82, 2.24) is 0 Å². The Balaban J connectivity index is 0.000000575. The number of cyclic esters (lactones) is 1. The largest absolute Gasteiger partial charge is 1.00 e. The Morgan fingerprint density at radius 1 is 1.19 bits per heavy atom. The number of hydrogen-bond donors (Lipinski definition) is 3. The second-order valence-electron chi connectivity index (χ2n) is 6.45. The molecule has 3 atom stereocenters. The molecule has 3 rings (SSSR count). The van der Waals surface area contributed by atoms with Gasteiger partial charge in [0, 0.05) is 23.3 Å². The monoisotopic (exact) mass is 474 g/mol. The number of esters is 1. The van der Waals surface area contributed by atoms with Crippen molar-refractivity contribution in [3.05, 3.63) is 46.9 Å². The fourth-order valence-corrected chi connectivity index (χ4v) is 3.35. The fourth-order valence-electron chi connectivity index (χ4n) is 2.71. The Hall–Kier alpha value is -0.800. The quantitative estimate of drug-likeness (QED) is 0.213. The summed E-state index contributed by atoms with van der Waals surface area (Å²) in [6.45, 7) is 0.306. The van der Waals surface area contributed by atoms with Crippen LogP contribution in [0, 0.1) is 0 Å². The summed E-state index contributed by atoms with van der Waals surface area (Å²) < 4.78 is 35.5. The van der Waals surface area contributed by atoms with E-state index in [1.165, 1.54) is 18.2 Å². The van der Waals surface area contributed by atoms with Crippen LogP contribution in [0.3, 0.4) is 0 Å². The zero-order valence-corrected chi connectivity index (χ0v) is 21.7. The number of carbonyl (C=O) groups excluding carboxylic acids is 3. The van der Waals surface area contributed by atoms with Gasteiger partial charge in [-0.3, -0.25) is 9.59 Å². The Morgan fingerprint density at radius 3 is 2.13 bits per heavy atom. The molecule has 1 unspecified atom stereocenters. The average molecular weight is 474 g/mol. The van der Waals surface area contributed by atoms with Crippen LogP contribution in [0.5, 0.6) is 0 Å². The number of ether oxygens (including phenoxy) is 1. The van der Waals surface area contributed by atoms with Crippen molar-refractivity contribution in [2.24, 2.45) is 0 Å². The maximum atomic E-state index is 12.0. The maximum absolute atomic E-state index is 12.0. The number of benzene rings is 1. The standard InChI is InChI=1S/C11H10O5S.C6H8O6.2Na/c1-11(17(14,15)16)6-9(12)7-4-2-3-5-8(7)10(11)13;7-1-2(8)5-3(9)4(10)6(11)12-5;;/h2-5H,6H2,1H3,(H,14,15,16);2,5,7-10H,1H2;;/q;;2*+1/p-2/t;2-,5+;;/m.0../s1. The first kappa shape index (κ1) is 30.2. The molecule has 2 aliphatic rings. The topological polar surface area (TPSA) is 201 Å². The van der Waals surface area contributed by atoms with Crippen LogP contribution >= 0.6 is 0 Å². The molecule has 1 heterocycles. The molecule has 158 valence electrons. The molecule has 1 aliphatic carbocycles. The van der Waals surface area contributed by atoms with Gasteiger partial charge in [-0.15, -0.1) is 0 Å². The zero-order valence-electron chi connectivity index (χ0n) is 16.9. The molecule has 0 spiro atoms. The van der Waals surface area contributed by atoms with Crippen LogP contribution in [0.15, 0.2) is 35.8 Å². The summed E-state index contributed by atoms with van der Waals surface area (Å²) in [5.74, 6) is -4.55. The van der Waals surface area contributed by atoms with Crippen molar-refractivity contribution >= 4 is 27.7 Å². The van der Waals surface area contributed by atoms with Crippen molar-refractivity contribution in [3.8, 4) is 0 Å². The number of ketones is 2. The first-order valence-corrected chi connectivity index (χ1v) is 9.48. The number of fused-ring (bicyclic) bond motifs is 1. The molecule has 0 fully saturated rings. The number of carbonyl (C=O) groups is 3. The molecule has 1 aliphatic heterocycles. The molecule has 0 saturated heterocycles. The first-order chi connectivity index (χ1) is 13.3. The number of hydrogen-bond acceptors (Lipinski definition) is 11. The minimum absolute atomic E-state index is 0. The molecule has 11 nitrogen and oxygen atoms in total. The van der Waals surface area contributed by atoms with Crippen LogP contribution in [-0.2, 0) is 19.6 Å². The molecule has 1 aromatic carbocycles. The zero-order chi connectivity index (χ0) is 22.1. The van der Waals surface area contributed by atoms with Gasteiger partial charge in [0.1, 0.15) is 26.7 Å². The van der Waals surface area contributed by atoms with Gasteiger partial charge in [-0.25, -0.2) is 13.2 Å². The van der Waals surface area contributed by atoms with Crippen LogP contribution in [0.25, 0.3) is 0 Å². The third kappa shape index (κ3) is 5.96. The van der Waals surface area contributed by atoms with Gasteiger partial charge in [-0.1, -0.05) is 24.3 Å². The second kappa shape index (κ2) is 11.4. The van der Waals surface area contributed by atoms with Gasteiger partial charge >= 0.3 is 65.1 Å².